The summed E-state index contributed by atoms with van der Waals surface area (Å²) in [4.78, 5) is 19.9. The Morgan fingerprint density at radius 1 is 1.20 bits per heavy atom. The van der Waals surface area contributed by atoms with Crippen LogP contribution in [0.3, 0.4) is 0 Å². The van der Waals surface area contributed by atoms with E-state index in [1.165, 1.54) is 12.0 Å². The molecule has 5 heteroatoms. The van der Waals surface area contributed by atoms with Crippen LogP contribution in [0.5, 0.6) is 0 Å². The minimum atomic E-state index is 0.116. The summed E-state index contributed by atoms with van der Waals surface area (Å²) < 4.78 is 0. The Bertz CT molecular complexity index is 895. The van der Waals surface area contributed by atoms with E-state index in [9.17, 15) is 4.79 Å². The van der Waals surface area contributed by atoms with Gasteiger partial charge in [0.25, 0.3) is 5.91 Å². The highest BCUT2D eigenvalue weighted by Crippen LogP contribution is 2.27. The van der Waals surface area contributed by atoms with Gasteiger partial charge >= 0.3 is 0 Å². The molecule has 5 nitrogen and oxygen atoms in total. The second kappa shape index (κ2) is 6.67. The van der Waals surface area contributed by atoms with Crippen molar-refractivity contribution < 1.29 is 4.79 Å². The molecular formula is C20H22N4O. The summed E-state index contributed by atoms with van der Waals surface area (Å²) in [6.45, 7) is 3.81. The fourth-order valence-electron chi connectivity index (χ4n) is 3.48. The van der Waals surface area contributed by atoms with Crippen molar-refractivity contribution in [1.82, 2.24) is 20.1 Å². The number of aromatic nitrogens is 3. The Labute approximate surface area is 147 Å². The van der Waals surface area contributed by atoms with Crippen molar-refractivity contribution in [3.8, 4) is 11.3 Å². The number of piperidine rings is 1. The largest absolute Gasteiger partial charge is 0.339 e. The predicted molar refractivity (Wildman–Crippen MR) is 98.5 cm³/mol. The molecule has 1 saturated heterocycles. The van der Waals surface area contributed by atoms with Crippen LogP contribution >= 0.6 is 0 Å². The van der Waals surface area contributed by atoms with Crippen LogP contribution in [0.25, 0.3) is 22.2 Å². The lowest BCUT2D eigenvalue weighted by Crippen LogP contribution is -2.35. The topological polar surface area (TPSA) is 61.9 Å². The van der Waals surface area contributed by atoms with Gasteiger partial charge in [0.2, 0.25) is 0 Å². The molecule has 1 N–H and O–H groups in total. The van der Waals surface area contributed by atoms with Gasteiger partial charge in [-0.05, 0) is 49.4 Å². The maximum Gasteiger partial charge on any atom is 0.254 e. The number of amides is 1. The van der Waals surface area contributed by atoms with Crippen molar-refractivity contribution in [3.05, 3.63) is 47.8 Å². The van der Waals surface area contributed by atoms with Gasteiger partial charge in [-0.2, -0.15) is 5.10 Å². The predicted octanol–water partition coefficient (Wildman–Crippen LogP) is 3.81. The Morgan fingerprint density at radius 3 is 2.76 bits per heavy atom. The highest BCUT2D eigenvalue weighted by Gasteiger charge is 2.22. The van der Waals surface area contributed by atoms with E-state index in [0.717, 1.165) is 60.1 Å². The lowest BCUT2D eigenvalue weighted by atomic mass is 10.0. The summed E-state index contributed by atoms with van der Waals surface area (Å²) in [5.41, 5.74) is 4.51. The zero-order chi connectivity index (χ0) is 17.2. The Morgan fingerprint density at radius 2 is 2.04 bits per heavy atom. The van der Waals surface area contributed by atoms with Crippen LogP contribution in [-0.2, 0) is 6.42 Å². The van der Waals surface area contributed by atoms with E-state index in [1.54, 1.807) is 6.20 Å². The standard InChI is InChI=1S/C20H22N4O/c1-2-14-6-7-18-16(10-14)17(20(25)24-8-4-3-5-9-24)11-19(23-18)15-12-21-22-13-15/h6-7,10-13H,2-5,8-9H2,1H3,(H,21,22). The molecule has 1 fully saturated rings. The van der Waals surface area contributed by atoms with Gasteiger partial charge in [0.1, 0.15) is 0 Å². The van der Waals surface area contributed by atoms with Crippen LogP contribution in [0.1, 0.15) is 42.1 Å². The zero-order valence-electron chi connectivity index (χ0n) is 14.5. The first-order valence-electron chi connectivity index (χ1n) is 8.98. The summed E-state index contributed by atoms with van der Waals surface area (Å²) in [5.74, 6) is 0.116. The number of rotatable bonds is 3. The number of hydrogen-bond donors (Lipinski definition) is 1. The van der Waals surface area contributed by atoms with Crippen LogP contribution in [-0.4, -0.2) is 39.1 Å². The monoisotopic (exact) mass is 334 g/mol. The number of aryl methyl sites for hydroxylation is 1. The molecule has 0 spiro atoms. The van der Waals surface area contributed by atoms with Gasteiger partial charge in [0.05, 0.1) is 23.0 Å². The number of benzene rings is 1. The number of aromatic amines is 1. The average Bonchev–Trinajstić information content (AvgIpc) is 3.21. The quantitative estimate of drug-likeness (QED) is 0.792. The zero-order valence-corrected chi connectivity index (χ0v) is 14.5. The van der Waals surface area contributed by atoms with Gasteiger partial charge in [-0.3, -0.25) is 9.89 Å². The molecule has 0 unspecified atom stereocenters. The van der Waals surface area contributed by atoms with E-state index in [0.29, 0.717) is 0 Å². The van der Waals surface area contributed by atoms with Gasteiger partial charge in [-0.1, -0.05) is 13.0 Å². The number of carbonyl (C=O) groups excluding carboxylic acids is 1. The number of likely N-dealkylation sites (tertiary alicyclic amines) is 1. The Hall–Kier alpha value is -2.69. The fourth-order valence-corrected chi connectivity index (χ4v) is 3.48. The average molecular weight is 334 g/mol. The molecule has 0 saturated carbocycles. The first kappa shape index (κ1) is 15.8. The molecule has 0 atom stereocenters. The SMILES string of the molecule is CCc1ccc2nc(-c3cn[nH]c3)cc(C(=O)N3CCCCC3)c2c1. The number of pyridine rings is 1. The number of nitrogens with zero attached hydrogens (tertiary/aromatic N) is 3. The van der Waals surface area contributed by atoms with E-state index in [4.69, 9.17) is 4.98 Å². The van der Waals surface area contributed by atoms with E-state index >= 15 is 0 Å². The van der Waals surface area contributed by atoms with Gasteiger partial charge in [-0.15, -0.1) is 0 Å². The third kappa shape index (κ3) is 3.02. The van der Waals surface area contributed by atoms with Crippen LogP contribution in [0.2, 0.25) is 0 Å². The molecule has 0 bridgehead atoms. The van der Waals surface area contributed by atoms with E-state index in [1.807, 2.05) is 23.2 Å². The van der Waals surface area contributed by atoms with E-state index < -0.39 is 0 Å². The molecule has 1 aliphatic rings. The molecule has 1 aliphatic heterocycles. The number of fused-ring (bicyclic) bond motifs is 1. The lowest BCUT2D eigenvalue weighted by molar-refractivity contribution is 0.0726. The molecule has 2 aromatic heterocycles. The van der Waals surface area contributed by atoms with E-state index in [-0.39, 0.29) is 5.91 Å². The minimum Gasteiger partial charge on any atom is -0.339 e. The highest BCUT2D eigenvalue weighted by molar-refractivity contribution is 6.07. The van der Waals surface area contributed by atoms with Crippen molar-refractivity contribution in [2.45, 2.75) is 32.6 Å². The lowest BCUT2D eigenvalue weighted by Gasteiger charge is -2.27. The van der Waals surface area contributed by atoms with Gasteiger partial charge in [-0.25, -0.2) is 4.98 Å². The second-order valence-corrected chi connectivity index (χ2v) is 6.60. The van der Waals surface area contributed by atoms with Crippen molar-refractivity contribution in [2.24, 2.45) is 0 Å². The first-order chi connectivity index (χ1) is 12.3. The molecule has 3 heterocycles. The fraction of sp³-hybridized carbons (Fsp3) is 0.350. The number of carbonyl (C=O) groups is 1. The van der Waals surface area contributed by atoms with Crippen molar-refractivity contribution in [2.75, 3.05) is 13.1 Å². The summed E-state index contributed by atoms with van der Waals surface area (Å²) in [7, 11) is 0. The molecule has 128 valence electrons. The van der Waals surface area contributed by atoms with Crippen LogP contribution in [0.4, 0.5) is 0 Å². The van der Waals surface area contributed by atoms with Crippen LogP contribution in [0, 0.1) is 0 Å². The maximum absolute atomic E-state index is 13.2. The third-order valence-corrected chi connectivity index (χ3v) is 4.95. The normalized spacial score (nSPS) is 14.8. The molecule has 1 aromatic carbocycles. The molecule has 4 rings (SSSR count). The van der Waals surface area contributed by atoms with Gasteiger partial charge in [0.15, 0.2) is 0 Å². The molecule has 25 heavy (non-hydrogen) atoms. The van der Waals surface area contributed by atoms with Crippen molar-refractivity contribution >= 4 is 16.8 Å². The second-order valence-electron chi connectivity index (χ2n) is 6.60. The summed E-state index contributed by atoms with van der Waals surface area (Å²) in [5, 5.41) is 7.78. The number of hydrogen-bond acceptors (Lipinski definition) is 3. The Balaban J connectivity index is 1.87. The van der Waals surface area contributed by atoms with Crippen molar-refractivity contribution in [1.29, 1.82) is 0 Å². The maximum atomic E-state index is 13.2. The molecule has 1 amide bonds. The smallest absolute Gasteiger partial charge is 0.254 e. The summed E-state index contributed by atoms with van der Waals surface area (Å²) >= 11 is 0. The number of nitrogens with one attached hydrogen (secondary N) is 1. The Kier molecular flexibility index (Phi) is 4.22. The van der Waals surface area contributed by atoms with Crippen molar-refractivity contribution in [3.63, 3.8) is 0 Å². The van der Waals surface area contributed by atoms with E-state index in [2.05, 4.69) is 29.3 Å². The third-order valence-electron chi connectivity index (χ3n) is 4.95. The molecule has 3 aromatic rings. The summed E-state index contributed by atoms with van der Waals surface area (Å²) in [6.07, 6.45) is 7.87. The molecular weight excluding hydrogens is 312 g/mol. The minimum absolute atomic E-state index is 0.116. The van der Waals surface area contributed by atoms with Crippen LogP contribution < -0.4 is 0 Å². The summed E-state index contributed by atoms with van der Waals surface area (Å²) in [6, 6.07) is 8.14. The molecule has 0 radical (unpaired) electrons. The number of H-pyrrole nitrogens is 1. The van der Waals surface area contributed by atoms with Gasteiger partial charge in [0, 0.05) is 30.2 Å². The van der Waals surface area contributed by atoms with Gasteiger partial charge < -0.3 is 4.90 Å². The molecule has 0 aliphatic carbocycles. The highest BCUT2D eigenvalue weighted by atomic mass is 16.2. The van der Waals surface area contributed by atoms with Crippen LogP contribution in [0.15, 0.2) is 36.7 Å². The first-order valence-corrected chi connectivity index (χ1v) is 8.98.